The van der Waals surface area contributed by atoms with Crippen molar-refractivity contribution in [1.29, 1.82) is 0 Å². The lowest BCUT2D eigenvalue weighted by Crippen LogP contribution is -2.20. The number of amides is 1. The predicted molar refractivity (Wildman–Crippen MR) is 107 cm³/mol. The summed E-state index contributed by atoms with van der Waals surface area (Å²) in [6.07, 6.45) is 0. The molecule has 0 saturated heterocycles. The number of aromatic nitrogens is 1. The second-order valence-electron chi connectivity index (χ2n) is 6.35. The molecular formula is C21H20N2O4S. The molecular weight excluding hydrogens is 376 g/mol. The highest BCUT2D eigenvalue weighted by Crippen LogP contribution is 2.31. The molecule has 144 valence electrons. The fourth-order valence-electron chi connectivity index (χ4n) is 2.41. The second-order valence-corrected chi connectivity index (χ2v) is 7.47. The Bertz CT molecular complexity index is 996. The van der Waals surface area contributed by atoms with Gasteiger partial charge in [0.25, 0.3) is 5.91 Å². The number of ether oxygens (including phenoxy) is 1. The fourth-order valence-corrected chi connectivity index (χ4v) is 3.41. The Labute approximate surface area is 167 Å². The first-order valence-corrected chi connectivity index (χ1v) is 9.48. The van der Waals surface area contributed by atoms with Crippen molar-refractivity contribution in [3.63, 3.8) is 0 Å². The quantitative estimate of drug-likeness (QED) is 0.616. The van der Waals surface area contributed by atoms with Crippen LogP contribution in [0.4, 0.5) is 5.69 Å². The third-order valence-electron chi connectivity index (χ3n) is 3.87. The summed E-state index contributed by atoms with van der Waals surface area (Å²) in [5, 5.41) is 6.30. The van der Waals surface area contributed by atoms with Crippen molar-refractivity contribution in [2.75, 3.05) is 11.9 Å². The number of esters is 1. The lowest BCUT2D eigenvalue weighted by Gasteiger charge is -2.09. The van der Waals surface area contributed by atoms with Crippen LogP contribution in [0, 0.1) is 20.8 Å². The molecule has 0 spiro atoms. The van der Waals surface area contributed by atoms with E-state index in [2.05, 4.69) is 42.5 Å². The standard InChI is InChI=1S/C21H20N2O4S/c1-13-4-5-14(2)19(10-13)28-17-8-6-16(7-9-17)22-20(24)12-26-21(25)18-11-15(3)23-27-18/h4-11H,12H2,1-3H3,(H,22,24). The van der Waals surface area contributed by atoms with Gasteiger partial charge in [-0.2, -0.15) is 0 Å². The molecule has 0 atom stereocenters. The molecule has 0 fully saturated rings. The van der Waals surface area contributed by atoms with Crippen molar-refractivity contribution >= 4 is 29.3 Å². The molecule has 0 saturated carbocycles. The normalized spacial score (nSPS) is 10.5. The predicted octanol–water partition coefficient (Wildman–Crippen LogP) is 4.55. The van der Waals surface area contributed by atoms with E-state index in [1.165, 1.54) is 22.1 Å². The Morgan fingerprint density at radius 3 is 2.50 bits per heavy atom. The Morgan fingerprint density at radius 1 is 1.07 bits per heavy atom. The van der Waals surface area contributed by atoms with E-state index in [1.807, 2.05) is 24.3 Å². The maximum atomic E-state index is 12.0. The van der Waals surface area contributed by atoms with Gasteiger partial charge in [-0.15, -0.1) is 0 Å². The Morgan fingerprint density at radius 2 is 1.82 bits per heavy atom. The molecule has 3 aromatic rings. The molecule has 6 nitrogen and oxygen atoms in total. The Kier molecular flexibility index (Phi) is 6.16. The van der Waals surface area contributed by atoms with Crippen LogP contribution < -0.4 is 5.32 Å². The summed E-state index contributed by atoms with van der Waals surface area (Å²) in [6, 6.07) is 15.3. The number of hydrogen-bond acceptors (Lipinski definition) is 6. The number of nitrogens with zero attached hydrogens (tertiary/aromatic N) is 1. The van der Waals surface area contributed by atoms with E-state index in [1.54, 1.807) is 18.7 Å². The van der Waals surface area contributed by atoms with Crippen molar-refractivity contribution in [3.05, 3.63) is 71.1 Å². The number of aryl methyl sites for hydroxylation is 3. The molecule has 3 rings (SSSR count). The van der Waals surface area contributed by atoms with Crippen molar-refractivity contribution < 1.29 is 18.8 Å². The molecule has 28 heavy (non-hydrogen) atoms. The van der Waals surface area contributed by atoms with Gasteiger partial charge in [0, 0.05) is 21.5 Å². The molecule has 0 aliphatic rings. The fraction of sp³-hybridized carbons (Fsp3) is 0.190. The van der Waals surface area contributed by atoms with Crippen LogP contribution in [0.1, 0.15) is 27.4 Å². The van der Waals surface area contributed by atoms with Crippen LogP contribution in [0.15, 0.2) is 62.8 Å². The van der Waals surface area contributed by atoms with Crippen LogP contribution in [-0.4, -0.2) is 23.6 Å². The molecule has 0 bridgehead atoms. The van der Waals surface area contributed by atoms with E-state index in [-0.39, 0.29) is 5.76 Å². The summed E-state index contributed by atoms with van der Waals surface area (Å²) >= 11 is 1.67. The van der Waals surface area contributed by atoms with E-state index in [0.717, 1.165) is 4.90 Å². The maximum Gasteiger partial charge on any atom is 0.377 e. The van der Waals surface area contributed by atoms with E-state index < -0.39 is 18.5 Å². The molecule has 0 aliphatic carbocycles. The van der Waals surface area contributed by atoms with Crippen molar-refractivity contribution in [1.82, 2.24) is 5.16 Å². The highest BCUT2D eigenvalue weighted by molar-refractivity contribution is 7.99. The highest BCUT2D eigenvalue weighted by Gasteiger charge is 2.15. The molecule has 0 unspecified atom stereocenters. The van der Waals surface area contributed by atoms with E-state index in [0.29, 0.717) is 11.4 Å². The third kappa shape index (κ3) is 5.23. The van der Waals surface area contributed by atoms with Crippen LogP contribution in [-0.2, 0) is 9.53 Å². The largest absolute Gasteiger partial charge is 0.450 e. The summed E-state index contributed by atoms with van der Waals surface area (Å²) in [5.74, 6) is -1.19. The molecule has 2 aromatic carbocycles. The minimum absolute atomic E-state index is 0.0295. The van der Waals surface area contributed by atoms with Gasteiger partial charge in [0.1, 0.15) is 0 Å². The number of benzene rings is 2. The third-order valence-corrected chi connectivity index (χ3v) is 5.04. The van der Waals surface area contributed by atoms with Gasteiger partial charge in [-0.05, 0) is 62.2 Å². The smallest absolute Gasteiger partial charge is 0.377 e. The molecule has 0 radical (unpaired) electrons. The highest BCUT2D eigenvalue weighted by atomic mass is 32.2. The zero-order valence-electron chi connectivity index (χ0n) is 15.8. The molecule has 1 heterocycles. The zero-order valence-corrected chi connectivity index (χ0v) is 16.6. The second kappa shape index (κ2) is 8.75. The van der Waals surface area contributed by atoms with Gasteiger partial charge in [-0.25, -0.2) is 4.79 Å². The van der Waals surface area contributed by atoms with E-state index in [9.17, 15) is 9.59 Å². The zero-order chi connectivity index (χ0) is 20.1. The summed E-state index contributed by atoms with van der Waals surface area (Å²) in [6.45, 7) is 5.43. The monoisotopic (exact) mass is 396 g/mol. The SMILES string of the molecule is Cc1ccc(C)c(Sc2ccc(NC(=O)COC(=O)c3cc(C)no3)cc2)c1. The summed E-state index contributed by atoms with van der Waals surface area (Å²) in [7, 11) is 0. The molecule has 1 amide bonds. The lowest BCUT2D eigenvalue weighted by atomic mass is 10.2. The summed E-state index contributed by atoms with van der Waals surface area (Å²) in [4.78, 5) is 26.0. The number of rotatable bonds is 6. The topological polar surface area (TPSA) is 81.4 Å². The Balaban J connectivity index is 1.53. The van der Waals surface area contributed by atoms with Crippen molar-refractivity contribution in [2.45, 2.75) is 30.6 Å². The van der Waals surface area contributed by atoms with Crippen LogP contribution in [0.2, 0.25) is 0 Å². The number of carbonyl (C=O) groups excluding carboxylic acids is 2. The maximum absolute atomic E-state index is 12.0. The van der Waals surface area contributed by atoms with Crippen LogP contribution in [0.5, 0.6) is 0 Å². The first kappa shape index (κ1) is 19.7. The van der Waals surface area contributed by atoms with E-state index in [4.69, 9.17) is 9.26 Å². The molecule has 1 aromatic heterocycles. The Hall–Kier alpha value is -3.06. The van der Waals surface area contributed by atoms with Gasteiger partial charge >= 0.3 is 5.97 Å². The van der Waals surface area contributed by atoms with Crippen molar-refractivity contribution in [2.24, 2.45) is 0 Å². The van der Waals surface area contributed by atoms with Gasteiger partial charge < -0.3 is 14.6 Å². The van der Waals surface area contributed by atoms with Gasteiger partial charge in [0.2, 0.25) is 5.76 Å². The summed E-state index contributed by atoms with van der Waals surface area (Å²) < 4.78 is 9.71. The first-order chi connectivity index (χ1) is 13.4. The van der Waals surface area contributed by atoms with E-state index >= 15 is 0 Å². The average molecular weight is 396 g/mol. The van der Waals surface area contributed by atoms with Gasteiger partial charge in [0.15, 0.2) is 6.61 Å². The van der Waals surface area contributed by atoms with Gasteiger partial charge in [-0.3, -0.25) is 4.79 Å². The van der Waals surface area contributed by atoms with Crippen LogP contribution in [0.25, 0.3) is 0 Å². The number of hydrogen-bond donors (Lipinski definition) is 1. The lowest BCUT2D eigenvalue weighted by molar-refractivity contribution is -0.119. The van der Waals surface area contributed by atoms with Crippen LogP contribution in [0.3, 0.4) is 0 Å². The van der Waals surface area contributed by atoms with Gasteiger partial charge in [-0.1, -0.05) is 29.1 Å². The van der Waals surface area contributed by atoms with Crippen LogP contribution >= 0.6 is 11.8 Å². The first-order valence-electron chi connectivity index (χ1n) is 8.66. The average Bonchev–Trinajstić information content (AvgIpc) is 3.11. The number of anilines is 1. The minimum Gasteiger partial charge on any atom is -0.450 e. The number of carbonyl (C=O) groups is 2. The summed E-state index contributed by atoms with van der Waals surface area (Å²) in [5.41, 5.74) is 3.63. The van der Waals surface area contributed by atoms with Crippen molar-refractivity contribution in [3.8, 4) is 0 Å². The molecule has 7 heteroatoms. The number of nitrogens with one attached hydrogen (secondary N) is 1. The molecule has 0 aliphatic heterocycles. The minimum atomic E-state index is -0.726. The van der Waals surface area contributed by atoms with Gasteiger partial charge in [0.05, 0.1) is 5.69 Å². The molecule has 1 N–H and O–H groups in total.